The molecule has 1 heterocycles. The Hall–Kier alpha value is -2.46. The zero-order valence-corrected chi connectivity index (χ0v) is 11.1. The summed E-state index contributed by atoms with van der Waals surface area (Å²) in [6.45, 7) is 0. The average molecular weight is 290 g/mol. The van der Waals surface area contributed by atoms with Crippen LogP contribution in [0.4, 0.5) is 4.39 Å². The van der Waals surface area contributed by atoms with Crippen LogP contribution in [0.5, 0.6) is 0 Å². The zero-order valence-electron chi connectivity index (χ0n) is 10.3. The molecule has 5 N–H and O–H groups in total. The highest BCUT2D eigenvalue weighted by atomic mass is 32.1. The maximum absolute atomic E-state index is 14.0. The number of carbonyl (C=O) groups excluding carboxylic acids is 1. The summed E-state index contributed by atoms with van der Waals surface area (Å²) in [7, 11) is 0. The molecule has 5 nitrogen and oxygen atoms in total. The van der Waals surface area contributed by atoms with Crippen LogP contribution in [0.25, 0.3) is 0 Å². The number of thiocarbonyl (C=S) groups is 1. The summed E-state index contributed by atoms with van der Waals surface area (Å²) in [4.78, 5) is 11.8. The Morgan fingerprint density at radius 3 is 2.65 bits per heavy atom. The molecule has 0 spiro atoms. The Balaban J connectivity index is 2.69. The number of hydrogen-bond donors (Lipinski definition) is 3. The highest BCUT2D eigenvalue weighted by Crippen LogP contribution is 2.36. The van der Waals surface area contributed by atoms with Gasteiger partial charge in [0.2, 0.25) is 5.91 Å². The number of benzene rings is 1. The topological polar surface area (TPSA) is 105 Å². The van der Waals surface area contributed by atoms with E-state index < -0.39 is 23.6 Å². The second-order valence-electron chi connectivity index (χ2n) is 4.29. The lowest BCUT2D eigenvalue weighted by molar-refractivity contribution is -0.123. The van der Waals surface area contributed by atoms with Crippen LogP contribution in [0.3, 0.4) is 0 Å². The van der Waals surface area contributed by atoms with Crippen molar-refractivity contribution in [2.24, 2.45) is 17.4 Å². The van der Waals surface area contributed by atoms with Gasteiger partial charge in [-0.25, -0.2) is 4.39 Å². The van der Waals surface area contributed by atoms with Crippen molar-refractivity contribution in [2.75, 3.05) is 0 Å². The standard InChI is InChI=1S/C13H11FN4OS/c14-8-4-2-1-3-6(8)9-7(5-15)13(19)18-11(16)10(9)12(17)20/h1-4,7,9H,16H2,(H2,17,20)(H,18,19)/t7-,9+/m1/s1. The van der Waals surface area contributed by atoms with Gasteiger partial charge in [-0.1, -0.05) is 30.4 Å². The van der Waals surface area contributed by atoms with E-state index in [0.29, 0.717) is 0 Å². The van der Waals surface area contributed by atoms with E-state index in [1.807, 2.05) is 6.07 Å². The average Bonchev–Trinajstić information content (AvgIpc) is 2.38. The molecule has 1 amide bonds. The molecule has 0 unspecified atom stereocenters. The molecule has 1 aliphatic rings. The van der Waals surface area contributed by atoms with Gasteiger partial charge >= 0.3 is 0 Å². The fourth-order valence-corrected chi connectivity index (χ4v) is 2.48. The maximum atomic E-state index is 14.0. The van der Waals surface area contributed by atoms with E-state index in [-0.39, 0.29) is 21.9 Å². The van der Waals surface area contributed by atoms with Crippen molar-refractivity contribution in [2.45, 2.75) is 5.92 Å². The normalized spacial score (nSPS) is 22.1. The SMILES string of the molecule is N#C[C@H]1C(=O)NC(N)=C(C(N)=S)[C@H]1c1ccccc1F. The van der Waals surface area contributed by atoms with Gasteiger partial charge in [0.1, 0.15) is 22.5 Å². The number of carbonyl (C=O) groups is 1. The predicted octanol–water partition coefficient (Wildman–Crippen LogP) is 0.635. The minimum absolute atomic E-state index is 0.0396. The highest BCUT2D eigenvalue weighted by Gasteiger charge is 2.40. The summed E-state index contributed by atoms with van der Waals surface area (Å²) in [5.74, 6) is -3.24. The first-order valence-electron chi connectivity index (χ1n) is 5.71. The minimum Gasteiger partial charge on any atom is -0.390 e. The van der Waals surface area contributed by atoms with Gasteiger partial charge in [0.05, 0.1) is 6.07 Å². The third kappa shape index (κ3) is 2.21. The minimum atomic E-state index is -1.14. The lowest BCUT2D eigenvalue weighted by atomic mass is 9.78. The Labute approximate surface area is 120 Å². The van der Waals surface area contributed by atoms with Gasteiger partial charge in [0.15, 0.2) is 0 Å². The molecule has 0 aromatic heterocycles. The van der Waals surface area contributed by atoms with Gasteiger partial charge in [0.25, 0.3) is 0 Å². The first kappa shape index (κ1) is 14.0. The van der Waals surface area contributed by atoms with Gasteiger partial charge < -0.3 is 16.8 Å². The summed E-state index contributed by atoms with van der Waals surface area (Å²) in [6, 6.07) is 7.69. The predicted molar refractivity (Wildman–Crippen MR) is 74.4 cm³/mol. The number of hydrogen-bond acceptors (Lipinski definition) is 4. The first-order valence-corrected chi connectivity index (χ1v) is 6.12. The third-order valence-electron chi connectivity index (χ3n) is 3.12. The van der Waals surface area contributed by atoms with Crippen LogP contribution in [0.1, 0.15) is 11.5 Å². The summed E-state index contributed by atoms with van der Waals surface area (Å²) >= 11 is 4.91. The van der Waals surface area contributed by atoms with Crippen LogP contribution in [-0.4, -0.2) is 10.9 Å². The molecule has 0 fully saturated rings. The molecule has 20 heavy (non-hydrogen) atoms. The van der Waals surface area contributed by atoms with Gasteiger partial charge in [-0.05, 0) is 11.6 Å². The van der Waals surface area contributed by atoms with Crippen molar-refractivity contribution in [1.82, 2.24) is 5.32 Å². The summed E-state index contributed by atoms with van der Waals surface area (Å²) in [6.07, 6.45) is 0. The van der Waals surface area contributed by atoms with E-state index in [9.17, 15) is 14.4 Å². The molecule has 102 valence electrons. The molecule has 0 radical (unpaired) electrons. The van der Waals surface area contributed by atoms with E-state index >= 15 is 0 Å². The lowest BCUT2D eigenvalue weighted by Crippen LogP contribution is -2.45. The Morgan fingerprint density at radius 2 is 2.10 bits per heavy atom. The molecule has 1 aromatic carbocycles. The number of nitrogens with two attached hydrogens (primary N) is 2. The fourth-order valence-electron chi connectivity index (χ4n) is 2.24. The Kier molecular flexibility index (Phi) is 3.68. The highest BCUT2D eigenvalue weighted by molar-refractivity contribution is 7.80. The van der Waals surface area contributed by atoms with Crippen LogP contribution in [0.2, 0.25) is 0 Å². The van der Waals surface area contributed by atoms with Crippen molar-refractivity contribution in [3.63, 3.8) is 0 Å². The number of nitriles is 1. The van der Waals surface area contributed by atoms with E-state index in [0.717, 1.165) is 0 Å². The van der Waals surface area contributed by atoms with Gasteiger partial charge in [0, 0.05) is 11.5 Å². The summed E-state index contributed by atoms with van der Waals surface area (Å²) < 4.78 is 14.0. The molecule has 2 rings (SSSR count). The van der Waals surface area contributed by atoms with E-state index in [2.05, 4.69) is 5.32 Å². The van der Waals surface area contributed by atoms with E-state index in [4.69, 9.17) is 23.7 Å². The number of halogens is 1. The molecule has 1 aromatic rings. The molecule has 2 atom stereocenters. The van der Waals surface area contributed by atoms with Crippen LogP contribution in [0, 0.1) is 23.1 Å². The second-order valence-corrected chi connectivity index (χ2v) is 4.73. The Bertz CT molecular complexity index is 665. The van der Waals surface area contributed by atoms with Crippen molar-refractivity contribution in [1.29, 1.82) is 5.26 Å². The van der Waals surface area contributed by atoms with Crippen molar-refractivity contribution in [3.05, 3.63) is 47.0 Å². The molecular weight excluding hydrogens is 279 g/mol. The Morgan fingerprint density at radius 1 is 1.45 bits per heavy atom. The molecule has 0 saturated carbocycles. The molecule has 0 saturated heterocycles. The monoisotopic (exact) mass is 290 g/mol. The third-order valence-corrected chi connectivity index (χ3v) is 3.34. The smallest absolute Gasteiger partial charge is 0.243 e. The maximum Gasteiger partial charge on any atom is 0.243 e. The largest absolute Gasteiger partial charge is 0.390 e. The molecule has 7 heteroatoms. The molecule has 0 aliphatic carbocycles. The van der Waals surface area contributed by atoms with Crippen LogP contribution < -0.4 is 16.8 Å². The van der Waals surface area contributed by atoms with Gasteiger partial charge in [-0.2, -0.15) is 5.26 Å². The van der Waals surface area contributed by atoms with Crippen molar-refractivity contribution < 1.29 is 9.18 Å². The summed E-state index contributed by atoms with van der Waals surface area (Å²) in [5.41, 5.74) is 11.7. The van der Waals surface area contributed by atoms with Crippen LogP contribution in [0.15, 0.2) is 35.7 Å². The molecular formula is C13H11FN4OS. The van der Waals surface area contributed by atoms with Gasteiger partial charge in [-0.15, -0.1) is 0 Å². The first-order chi connectivity index (χ1) is 9.47. The van der Waals surface area contributed by atoms with Crippen molar-refractivity contribution >= 4 is 23.1 Å². The summed E-state index contributed by atoms with van der Waals surface area (Å²) in [5, 5.41) is 11.5. The van der Waals surface area contributed by atoms with E-state index in [1.165, 1.54) is 18.2 Å². The number of rotatable bonds is 2. The van der Waals surface area contributed by atoms with E-state index in [1.54, 1.807) is 6.07 Å². The van der Waals surface area contributed by atoms with Gasteiger partial charge in [-0.3, -0.25) is 4.79 Å². The van der Waals surface area contributed by atoms with Crippen LogP contribution in [-0.2, 0) is 4.79 Å². The van der Waals surface area contributed by atoms with Crippen molar-refractivity contribution in [3.8, 4) is 6.07 Å². The number of nitrogens with one attached hydrogen (secondary N) is 1. The van der Waals surface area contributed by atoms with Crippen LogP contribution >= 0.6 is 12.2 Å². The zero-order chi connectivity index (χ0) is 14.9. The molecule has 1 aliphatic heterocycles. The second kappa shape index (κ2) is 5.27. The number of amides is 1. The number of nitrogens with zero attached hydrogens (tertiary/aromatic N) is 1. The molecule has 0 bridgehead atoms. The fraction of sp³-hybridized carbons (Fsp3) is 0.154. The lowest BCUT2D eigenvalue weighted by Gasteiger charge is -2.30. The quantitative estimate of drug-likeness (QED) is 0.693.